The van der Waals surface area contributed by atoms with Crippen LogP contribution in [0, 0.1) is 0 Å². The lowest BCUT2D eigenvalue weighted by Gasteiger charge is -2.14. The Morgan fingerprint density at radius 1 is 0.422 bits per heavy atom. The molecule has 0 heterocycles. The Bertz CT molecular complexity index is 710. The van der Waals surface area contributed by atoms with Gasteiger partial charge in [-0.2, -0.15) is 0 Å². The van der Waals surface area contributed by atoms with Crippen LogP contribution in [0.15, 0.2) is 48.6 Å². The lowest BCUT2D eigenvalue weighted by molar-refractivity contribution is -0.140. The molecule has 0 bridgehead atoms. The number of carbonyl (C=O) groups is 2. The zero-order valence-corrected chi connectivity index (χ0v) is 29.9. The van der Waals surface area contributed by atoms with Crippen molar-refractivity contribution in [2.24, 2.45) is 0 Å². The van der Waals surface area contributed by atoms with Gasteiger partial charge in [0.2, 0.25) is 0 Å². The van der Waals surface area contributed by atoms with Crippen molar-refractivity contribution < 1.29 is 18.9 Å². The Labute approximate surface area is 280 Å². The van der Waals surface area contributed by atoms with Crippen molar-refractivity contribution in [3.63, 3.8) is 0 Å². The van der Waals surface area contributed by atoms with Gasteiger partial charge in [0.05, 0.1) is 0 Å². The molecule has 0 amide bonds. The molecule has 0 rings (SSSR count). The number of hydrogen-bond acceptors (Lipinski definition) is 4. The van der Waals surface area contributed by atoms with Crippen LogP contribution in [0.2, 0.25) is 6.32 Å². The zero-order valence-electron chi connectivity index (χ0n) is 29.9. The molecule has 0 aliphatic heterocycles. The molecule has 0 atom stereocenters. The topological polar surface area (TPSA) is 52.6 Å². The summed E-state index contributed by atoms with van der Waals surface area (Å²) < 4.78 is 11.1. The van der Waals surface area contributed by atoms with E-state index in [2.05, 4.69) is 69.4 Å². The maximum Gasteiger partial charge on any atom is 0.598 e. The fraction of sp³-hybridized carbons (Fsp3) is 0.750. The summed E-state index contributed by atoms with van der Waals surface area (Å²) in [4.78, 5) is 24.8. The number of hydrogen-bond donors (Lipinski definition) is 0. The fourth-order valence-corrected chi connectivity index (χ4v) is 5.09. The van der Waals surface area contributed by atoms with Crippen molar-refractivity contribution in [3.05, 3.63) is 48.6 Å². The molecule has 258 valence electrons. The average molecular weight is 627 g/mol. The van der Waals surface area contributed by atoms with Crippen molar-refractivity contribution in [2.45, 2.75) is 194 Å². The van der Waals surface area contributed by atoms with E-state index in [1.807, 2.05) is 0 Å². The second-order valence-electron chi connectivity index (χ2n) is 12.5. The van der Waals surface area contributed by atoms with E-state index in [1.54, 1.807) is 0 Å². The first-order chi connectivity index (χ1) is 22.1. The highest BCUT2D eigenvalue weighted by Crippen LogP contribution is 2.13. The van der Waals surface area contributed by atoms with E-state index in [9.17, 15) is 9.59 Å². The summed E-state index contributed by atoms with van der Waals surface area (Å²) in [6.45, 7) is 6.57. The molecule has 0 radical (unpaired) electrons. The van der Waals surface area contributed by atoms with Crippen molar-refractivity contribution in [3.8, 4) is 0 Å². The number of allylic oxidation sites excluding steroid dienone is 8. The van der Waals surface area contributed by atoms with Crippen LogP contribution in [0.3, 0.4) is 0 Å². The van der Waals surface area contributed by atoms with Crippen LogP contribution < -0.4 is 0 Å². The fourth-order valence-electron chi connectivity index (χ4n) is 5.09. The minimum atomic E-state index is -0.735. The Morgan fingerprint density at radius 3 is 1.13 bits per heavy atom. The Kier molecular flexibility index (Phi) is 34.8. The van der Waals surface area contributed by atoms with Crippen molar-refractivity contribution in [2.75, 3.05) is 0 Å². The first kappa shape index (κ1) is 43.0. The van der Waals surface area contributed by atoms with Gasteiger partial charge in [0.15, 0.2) is 0 Å². The Balaban J connectivity index is 3.85. The van der Waals surface area contributed by atoms with Crippen molar-refractivity contribution in [1.82, 2.24) is 0 Å². The molecule has 0 aromatic rings. The summed E-state index contributed by atoms with van der Waals surface area (Å²) in [6, 6.07) is 0. The number of rotatable bonds is 33. The maximum absolute atomic E-state index is 12.4. The van der Waals surface area contributed by atoms with Crippen molar-refractivity contribution in [1.29, 1.82) is 0 Å². The summed E-state index contributed by atoms with van der Waals surface area (Å²) in [5.41, 5.74) is 0. The van der Waals surface area contributed by atoms with Gasteiger partial charge in [-0.25, -0.2) is 0 Å². The summed E-state index contributed by atoms with van der Waals surface area (Å²) in [5.74, 6) is -0.488. The smallest absolute Gasteiger partial charge is 0.499 e. The minimum absolute atomic E-state index is 0.244. The molecule has 0 aromatic carbocycles. The summed E-state index contributed by atoms with van der Waals surface area (Å²) in [7, 11) is -0.735. The largest absolute Gasteiger partial charge is 0.598 e. The molecular formula is C40H71BO4. The van der Waals surface area contributed by atoms with Gasteiger partial charge in [-0.15, -0.1) is 0 Å². The number of unbranched alkanes of at least 4 members (excludes halogenated alkanes) is 17. The average Bonchev–Trinajstić information content (AvgIpc) is 3.03. The van der Waals surface area contributed by atoms with Crippen molar-refractivity contribution >= 4 is 19.1 Å². The normalized spacial score (nSPS) is 11.9. The third-order valence-electron chi connectivity index (χ3n) is 7.98. The second kappa shape index (κ2) is 36.4. The summed E-state index contributed by atoms with van der Waals surface area (Å²) in [6.07, 6.45) is 46.9. The van der Waals surface area contributed by atoms with E-state index in [4.69, 9.17) is 9.31 Å². The highest BCUT2D eigenvalue weighted by atomic mass is 16.6. The molecule has 0 aliphatic rings. The molecular weight excluding hydrogens is 555 g/mol. The van der Waals surface area contributed by atoms with E-state index in [0.717, 1.165) is 77.0 Å². The molecule has 45 heavy (non-hydrogen) atoms. The third kappa shape index (κ3) is 34.7. The molecule has 0 aliphatic carbocycles. The van der Waals surface area contributed by atoms with Crippen LogP contribution in [0.25, 0.3) is 0 Å². The Hall–Kier alpha value is -2.04. The van der Waals surface area contributed by atoms with Crippen LogP contribution >= 0.6 is 0 Å². The maximum atomic E-state index is 12.4. The van der Waals surface area contributed by atoms with Gasteiger partial charge in [-0.1, -0.05) is 146 Å². The lowest BCUT2D eigenvalue weighted by atomic mass is 9.82. The molecule has 0 N–H and O–H groups in total. The molecule has 0 aromatic heterocycles. The molecule has 0 saturated carbocycles. The standard InChI is InChI=1S/C40H71BO4/c1-4-7-10-12-14-16-18-20-22-24-26-28-30-32-34-36-39(42)44-41(38-9-6-3)45-40(43)37-35-33-31-29-27-25-23-21-19-17-15-13-11-8-5-2/h14-17,20-23H,4-13,18-19,24-38H2,1-3H3/b16-14-,17-15-,22-20-,23-21-. The van der Waals surface area contributed by atoms with Gasteiger partial charge in [-0.3, -0.25) is 9.59 Å². The van der Waals surface area contributed by atoms with Gasteiger partial charge >= 0.3 is 7.12 Å². The molecule has 0 unspecified atom stereocenters. The van der Waals surface area contributed by atoms with E-state index in [-0.39, 0.29) is 11.9 Å². The van der Waals surface area contributed by atoms with Gasteiger partial charge in [0.1, 0.15) is 0 Å². The first-order valence-corrected chi connectivity index (χ1v) is 19.1. The number of carbonyl (C=O) groups excluding carboxylic acids is 2. The molecule has 0 saturated heterocycles. The SMILES string of the molecule is CCCCC/C=C\C/C=C\CCCCCCCC(=O)OB(CCCC)OC(=O)CCCCCCC/C=C\C/C=C\CCCCC. The predicted octanol–water partition coefficient (Wildman–Crippen LogP) is 13.0. The highest BCUT2D eigenvalue weighted by Gasteiger charge is 2.26. The summed E-state index contributed by atoms with van der Waals surface area (Å²) in [5, 5.41) is 0. The molecule has 5 heteroatoms. The molecule has 0 fully saturated rings. The monoisotopic (exact) mass is 627 g/mol. The van der Waals surface area contributed by atoms with Crippen LogP contribution in [0.1, 0.15) is 188 Å². The van der Waals surface area contributed by atoms with Crippen LogP contribution in [0.4, 0.5) is 0 Å². The summed E-state index contributed by atoms with van der Waals surface area (Å²) >= 11 is 0. The predicted molar refractivity (Wildman–Crippen MR) is 196 cm³/mol. The highest BCUT2D eigenvalue weighted by molar-refractivity contribution is 6.48. The first-order valence-electron chi connectivity index (χ1n) is 19.1. The van der Waals surface area contributed by atoms with Crippen LogP contribution in [0.5, 0.6) is 0 Å². The van der Waals surface area contributed by atoms with Gasteiger partial charge in [-0.05, 0) is 77.0 Å². The molecule has 0 spiro atoms. The van der Waals surface area contributed by atoms with E-state index in [0.29, 0.717) is 19.2 Å². The third-order valence-corrected chi connectivity index (χ3v) is 7.98. The van der Waals surface area contributed by atoms with Gasteiger partial charge in [0.25, 0.3) is 11.9 Å². The molecule has 4 nitrogen and oxygen atoms in total. The lowest BCUT2D eigenvalue weighted by Crippen LogP contribution is -2.29. The Morgan fingerprint density at radius 2 is 0.756 bits per heavy atom. The quantitative estimate of drug-likeness (QED) is 0.0413. The zero-order chi connectivity index (χ0) is 32.9. The van der Waals surface area contributed by atoms with E-state index < -0.39 is 7.12 Å². The second-order valence-corrected chi connectivity index (χ2v) is 12.5. The van der Waals surface area contributed by atoms with E-state index in [1.165, 1.54) is 77.0 Å². The minimum Gasteiger partial charge on any atom is -0.499 e. The van der Waals surface area contributed by atoms with Crippen LogP contribution in [-0.4, -0.2) is 19.1 Å². The van der Waals surface area contributed by atoms with Gasteiger partial charge < -0.3 is 9.31 Å². The van der Waals surface area contributed by atoms with E-state index >= 15 is 0 Å². The van der Waals surface area contributed by atoms with Gasteiger partial charge in [0, 0.05) is 19.2 Å². The van der Waals surface area contributed by atoms with Crippen LogP contribution in [-0.2, 0) is 18.9 Å².